The van der Waals surface area contributed by atoms with E-state index in [2.05, 4.69) is 6.92 Å². The molecule has 0 aromatic heterocycles. The molecule has 0 aliphatic heterocycles. The van der Waals surface area contributed by atoms with Crippen LogP contribution in [-0.4, -0.2) is 26.5 Å². The molecule has 0 radical (unpaired) electrons. The second kappa shape index (κ2) is 3.96. The fourth-order valence-electron chi connectivity index (χ4n) is 2.07. The molecule has 2 N–H and O–H groups in total. The molecule has 0 saturated heterocycles. The summed E-state index contributed by atoms with van der Waals surface area (Å²) in [6, 6.07) is 0.211. The molecule has 3 nitrogen and oxygen atoms in total. The lowest BCUT2D eigenvalue weighted by Crippen LogP contribution is -2.35. The van der Waals surface area contributed by atoms with Crippen molar-refractivity contribution < 1.29 is 8.42 Å². The van der Waals surface area contributed by atoms with Crippen molar-refractivity contribution >= 4 is 9.84 Å². The summed E-state index contributed by atoms with van der Waals surface area (Å²) in [5, 5.41) is 0. The Balaban J connectivity index is 2.57. The van der Waals surface area contributed by atoms with E-state index in [-0.39, 0.29) is 12.0 Å². The molecular formula is C9H19NO2S. The minimum absolute atomic E-state index is 0.211. The Kier molecular flexibility index (Phi) is 3.35. The Bertz CT molecular complexity index is 261. The molecule has 0 aromatic rings. The van der Waals surface area contributed by atoms with Crippen molar-refractivity contribution in [3.63, 3.8) is 0 Å². The quantitative estimate of drug-likeness (QED) is 0.725. The number of sulfone groups is 1. The highest BCUT2D eigenvalue weighted by Gasteiger charge is 2.28. The molecule has 1 aliphatic carbocycles. The van der Waals surface area contributed by atoms with E-state index in [0.29, 0.717) is 11.7 Å². The van der Waals surface area contributed by atoms with Crippen LogP contribution in [0.15, 0.2) is 0 Å². The van der Waals surface area contributed by atoms with Crippen LogP contribution in [0.5, 0.6) is 0 Å². The zero-order chi connectivity index (χ0) is 10.1. The van der Waals surface area contributed by atoms with E-state index in [4.69, 9.17) is 5.73 Å². The third kappa shape index (κ3) is 3.65. The number of rotatable bonds is 2. The van der Waals surface area contributed by atoms with Gasteiger partial charge in [0.05, 0.1) is 5.75 Å². The highest BCUT2D eigenvalue weighted by atomic mass is 32.2. The third-order valence-electron chi connectivity index (χ3n) is 2.92. The standard InChI is InChI=1S/C9H19NO2S/c1-7-3-4-9(10)5-8(7)6-13(2,11)12/h7-9H,3-6,10H2,1-2H3. The lowest BCUT2D eigenvalue weighted by molar-refractivity contribution is 0.253. The number of hydrogen-bond donors (Lipinski definition) is 1. The van der Waals surface area contributed by atoms with E-state index in [0.717, 1.165) is 19.3 Å². The minimum atomic E-state index is -2.84. The summed E-state index contributed by atoms with van der Waals surface area (Å²) in [7, 11) is -2.84. The Hall–Kier alpha value is -0.0900. The van der Waals surface area contributed by atoms with Gasteiger partial charge in [-0.2, -0.15) is 0 Å². The predicted molar refractivity (Wildman–Crippen MR) is 54.2 cm³/mol. The average Bonchev–Trinajstić information content (AvgIpc) is 1.94. The van der Waals surface area contributed by atoms with Crippen LogP contribution in [-0.2, 0) is 9.84 Å². The summed E-state index contributed by atoms with van der Waals surface area (Å²) < 4.78 is 22.2. The van der Waals surface area contributed by atoms with Crippen LogP contribution in [0.25, 0.3) is 0 Å². The summed E-state index contributed by atoms with van der Waals surface area (Å²) in [6.45, 7) is 2.13. The van der Waals surface area contributed by atoms with Crippen LogP contribution >= 0.6 is 0 Å². The van der Waals surface area contributed by atoms with E-state index in [1.807, 2.05) is 0 Å². The van der Waals surface area contributed by atoms with Crippen LogP contribution in [0.4, 0.5) is 0 Å². The van der Waals surface area contributed by atoms with Gasteiger partial charge in [-0.3, -0.25) is 0 Å². The van der Waals surface area contributed by atoms with Crippen molar-refractivity contribution in [3.05, 3.63) is 0 Å². The van der Waals surface area contributed by atoms with Gasteiger partial charge in [0.15, 0.2) is 0 Å². The molecule has 0 amide bonds. The molecule has 1 saturated carbocycles. The van der Waals surface area contributed by atoms with Crippen molar-refractivity contribution in [2.75, 3.05) is 12.0 Å². The van der Waals surface area contributed by atoms with Crippen molar-refractivity contribution in [2.45, 2.75) is 32.2 Å². The van der Waals surface area contributed by atoms with E-state index in [1.165, 1.54) is 6.26 Å². The maximum absolute atomic E-state index is 11.1. The normalized spacial score (nSPS) is 36.1. The number of nitrogens with two attached hydrogens (primary N) is 1. The largest absolute Gasteiger partial charge is 0.328 e. The minimum Gasteiger partial charge on any atom is -0.328 e. The van der Waals surface area contributed by atoms with Gasteiger partial charge in [-0.15, -0.1) is 0 Å². The monoisotopic (exact) mass is 205 g/mol. The maximum Gasteiger partial charge on any atom is 0.147 e. The van der Waals surface area contributed by atoms with Crippen molar-refractivity contribution in [2.24, 2.45) is 17.6 Å². The first-order valence-electron chi connectivity index (χ1n) is 4.82. The van der Waals surface area contributed by atoms with E-state index in [1.54, 1.807) is 0 Å². The molecule has 1 aliphatic rings. The molecule has 3 atom stereocenters. The first kappa shape index (κ1) is 11.0. The lowest BCUT2D eigenvalue weighted by Gasteiger charge is -2.31. The number of hydrogen-bond acceptors (Lipinski definition) is 3. The van der Waals surface area contributed by atoms with Gasteiger partial charge in [0.2, 0.25) is 0 Å². The van der Waals surface area contributed by atoms with Crippen molar-refractivity contribution in [3.8, 4) is 0 Å². The first-order chi connectivity index (χ1) is 5.88. The summed E-state index contributed by atoms with van der Waals surface area (Å²) >= 11 is 0. The SMILES string of the molecule is CC1CCC(N)CC1CS(C)(=O)=O. The summed E-state index contributed by atoms with van der Waals surface area (Å²) in [4.78, 5) is 0. The molecule has 0 aromatic carbocycles. The average molecular weight is 205 g/mol. The van der Waals surface area contributed by atoms with Crippen LogP contribution in [0, 0.1) is 11.8 Å². The van der Waals surface area contributed by atoms with E-state index >= 15 is 0 Å². The van der Waals surface area contributed by atoms with Crippen LogP contribution in [0.2, 0.25) is 0 Å². The topological polar surface area (TPSA) is 60.2 Å². The fourth-order valence-corrected chi connectivity index (χ4v) is 3.32. The Morgan fingerprint density at radius 2 is 2.00 bits per heavy atom. The Labute approximate surface area is 80.6 Å². The van der Waals surface area contributed by atoms with Crippen LogP contribution in [0.1, 0.15) is 26.2 Å². The van der Waals surface area contributed by atoms with Gasteiger partial charge in [-0.25, -0.2) is 8.42 Å². The van der Waals surface area contributed by atoms with E-state index < -0.39 is 9.84 Å². The van der Waals surface area contributed by atoms with Gasteiger partial charge in [0.25, 0.3) is 0 Å². The summed E-state index contributed by atoms with van der Waals surface area (Å²) in [6.07, 6.45) is 4.29. The highest BCUT2D eigenvalue weighted by molar-refractivity contribution is 7.90. The second-order valence-electron chi connectivity index (χ2n) is 4.40. The van der Waals surface area contributed by atoms with Gasteiger partial charge >= 0.3 is 0 Å². The zero-order valence-corrected chi connectivity index (χ0v) is 9.18. The molecule has 4 heteroatoms. The van der Waals surface area contributed by atoms with Crippen molar-refractivity contribution in [1.29, 1.82) is 0 Å². The molecule has 1 fully saturated rings. The molecular weight excluding hydrogens is 186 g/mol. The zero-order valence-electron chi connectivity index (χ0n) is 8.36. The van der Waals surface area contributed by atoms with Gasteiger partial charge in [-0.1, -0.05) is 6.92 Å². The summed E-state index contributed by atoms with van der Waals surface area (Å²) in [5.74, 6) is 1.09. The molecule has 13 heavy (non-hydrogen) atoms. The lowest BCUT2D eigenvalue weighted by atomic mass is 9.79. The van der Waals surface area contributed by atoms with Crippen molar-refractivity contribution in [1.82, 2.24) is 0 Å². The highest BCUT2D eigenvalue weighted by Crippen LogP contribution is 2.29. The molecule has 78 valence electrons. The third-order valence-corrected chi connectivity index (χ3v) is 3.95. The molecule has 1 rings (SSSR count). The van der Waals surface area contributed by atoms with Crippen LogP contribution < -0.4 is 5.73 Å². The van der Waals surface area contributed by atoms with Gasteiger partial charge in [-0.05, 0) is 31.1 Å². The van der Waals surface area contributed by atoms with Crippen LogP contribution in [0.3, 0.4) is 0 Å². The molecule has 0 spiro atoms. The van der Waals surface area contributed by atoms with E-state index in [9.17, 15) is 8.42 Å². The molecule has 0 heterocycles. The molecule has 0 bridgehead atoms. The Morgan fingerprint density at radius 3 is 2.54 bits per heavy atom. The first-order valence-corrected chi connectivity index (χ1v) is 6.88. The van der Waals surface area contributed by atoms with Gasteiger partial charge < -0.3 is 5.73 Å². The maximum atomic E-state index is 11.1. The smallest absolute Gasteiger partial charge is 0.147 e. The Morgan fingerprint density at radius 1 is 1.38 bits per heavy atom. The second-order valence-corrected chi connectivity index (χ2v) is 6.59. The predicted octanol–water partition coefficient (Wildman–Crippen LogP) is 0.795. The van der Waals surface area contributed by atoms with Gasteiger partial charge in [0, 0.05) is 12.3 Å². The van der Waals surface area contributed by atoms with Gasteiger partial charge in [0.1, 0.15) is 9.84 Å². The summed E-state index contributed by atoms with van der Waals surface area (Å²) in [5.41, 5.74) is 5.81. The molecule has 3 unspecified atom stereocenters. The fraction of sp³-hybridized carbons (Fsp3) is 1.00.